The van der Waals surface area contributed by atoms with Crippen LogP contribution >= 0.6 is 0 Å². The van der Waals surface area contributed by atoms with Crippen LogP contribution < -0.4 is 0 Å². The number of fused-ring (bicyclic) bond motifs is 1. The first-order chi connectivity index (χ1) is 14.9. The van der Waals surface area contributed by atoms with E-state index in [0.717, 1.165) is 33.6 Å². The molecule has 2 heteroatoms. The highest BCUT2D eigenvalue weighted by Crippen LogP contribution is 2.32. The van der Waals surface area contributed by atoms with Crippen LogP contribution in [0.2, 0.25) is 0 Å². The van der Waals surface area contributed by atoms with Crippen molar-refractivity contribution in [3.8, 4) is 22.5 Å². The molecule has 0 aliphatic rings. The van der Waals surface area contributed by atoms with Gasteiger partial charge in [0.1, 0.15) is 0 Å². The van der Waals surface area contributed by atoms with E-state index in [1.165, 1.54) is 10.8 Å². The first kappa shape index (κ1) is 18.0. The fourth-order valence-electron chi connectivity index (χ4n) is 3.74. The van der Waals surface area contributed by atoms with Gasteiger partial charge in [0.05, 0.1) is 11.4 Å². The molecule has 142 valence electrons. The van der Waals surface area contributed by atoms with Crippen LogP contribution in [0.25, 0.3) is 45.4 Å². The Morgan fingerprint density at radius 2 is 1.33 bits per heavy atom. The third kappa shape index (κ3) is 3.63. The maximum absolute atomic E-state index is 4.63. The number of nitrogens with zero attached hydrogens (tertiary/aromatic N) is 2. The highest BCUT2D eigenvalue weighted by atomic mass is 14.7. The van der Waals surface area contributed by atoms with Gasteiger partial charge in [0.25, 0.3) is 0 Å². The molecule has 0 bridgehead atoms. The molecule has 0 saturated heterocycles. The first-order valence-corrected chi connectivity index (χ1v) is 10.0. The molecule has 2 heterocycles. The molecular formula is C28H20N2. The molecule has 3 aromatic carbocycles. The van der Waals surface area contributed by atoms with Crippen molar-refractivity contribution in [3.05, 3.63) is 121 Å². The second kappa shape index (κ2) is 8.14. The summed E-state index contributed by atoms with van der Waals surface area (Å²) < 4.78 is 0. The molecule has 0 fully saturated rings. The Balaban J connectivity index is 1.59. The van der Waals surface area contributed by atoms with Gasteiger partial charge < -0.3 is 0 Å². The van der Waals surface area contributed by atoms with Gasteiger partial charge in [-0.25, -0.2) is 0 Å². The van der Waals surface area contributed by atoms with Crippen molar-refractivity contribution < 1.29 is 0 Å². The van der Waals surface area contributed by atoms with Crippen LogP contribution in [0.4, 0.5) is 0 Å². The molecule has 5 aromatic rings. The third-order valence-corrected chi connectivity index (χ3v) is 5.18. The molecular weight excluding hydrogens is 364 g/mol. The van der Waals surface area contributed by atoms with Crippen LogP contribution in [-0.4, -0.2) is 9.97 Å². The molecule has 0 aliphatic heterocycles. The summed E-state index contributed by atoms with van der Waals surface area (Å²) in [6.45, 7) is 0. The van der Waals surface area contributed by atoms with Gasteiger partial charge in [-0.15, -0.1) is 0 Å². The molecule has 2 aromatic heterocycles. The molecule has 0 radical (unpaired) electrons. The minimum atomic E-state index is 0.979. The van der Waals surface area contributed by atoms with Crippen molar-refractivity contribution >= 4 is 22.9 Å². The summed E-state index contributed by atoms with van der Waals surface area (Å²) in [4.78, 5) is 9.09. The smallest absolute Gasteiger partial charge is 0.0714 e. The van der Waals surface area contributed by atoms with E-state index in [2.05, 4.69) is 88.9 Å². The van der Waals surface area contributed by atoms with Crippen LogP contribution in [0.1, 0.15) is 11.1 Å². The predicted octanol–water partition coefficient (Wildman–Crippen LogP) is 7.13. The summed E-state index contributed by atoms with van der Waals surface area (Å²) in [7, 11) is 0. The molecule has 0 unspecified atom stereocenters. The van der Waals surface area contributed by atoms with Crippen molar-refractivity contribution in [1.29, 1.82) is 0 Å². The molecule has 0 amide bonds. The van der Waals surface area contributed by atoms with E-state index in [1.54, 1.807) is 0 Å². The van der Waals surface area contributed by atoms with Gasteiger partial charge in [-0.2, -0.15) is 0 Å². The zero-order valence-corrected chi connectivity index (χ0v) is 16.4. The number of rotatable bonds is 4. The fourth-order valence-corrected chi connectivity index (χ4v) is 3.74. The maximum atomic E-state index is 4.63. The van der Waals surface area contributed by atoms with E-state index < -0.39 is 0 Å². The molecule has 2 nitrogen and oxygen atoms in total. The van der Waals surface area contributed by atoms with E-state index in [0.29, 0.717) is 0 Å². The van der Waals surface area contributed by atoms with Crippen LogP contribution in [-0.2, 0) is 0 Å². The standard InChI is InChI=1S/C28H20N2/c1-2-11-25-22(9-1)16-17-23(28(25)27-13-4-6-19-30-27)15-14-21-8-7-10-24(20-21)26-12-3-5-18-29-26/h1-20H. The van der Waals surface area contributed by atoms with E-state index in [9.17, 15) is 0 Å². The minimum absolute atomic E-state index is 0.979. The second-order valence-electron chi connectivity index (χ2n) is 7.14. The van der Waals surface area contributed by atoms with Gasteiger partial charge in [0, 0.05) is 23.5 Å². The van der Waals surface area contributed by atoms with E-state index >= 15 is 0 Å². The van der Waals surface area contributed by atoms with Crippen molar-refractivity contribution in [2.24, 2.45) is 0 Å². The Morgan fingerprint density at radius 3 is 2.13 bits per heavy atom. The molecule has 0 aliphatic carbocycles. The van der Waals surface area contributed by atoms with Crippen LogP contribution in [0.15, 0.2) is 109 Å². The molecule has 0 atom stereocenters. The van der Waals surface area contributed by atoms with Gasteiger partial charge >= 0.3 is 0 Å². The van der Waals surface area contributed by atoms with Gasteiger partial charge in [-0.05, 0) is 52.2 Å². The quantitative estimate of drug-likeness (QED) is 0.308. The third-order valence-electron chi connectivity index (χ3n) is 5.18. The summed E-state index contributed by atoms with van der Waals surface area (Å²) in [6, 6.07) is 33.3. The molecule has 30 heavy (non-hydrogen) atoms. The van der Waals surface area contributed by atoms with Crippen LogP contribution in [0.5, 0.6) is 0 Å². The van der Waals surface area contributed by atoms with E-state index in [-0.39, 0.29) is 0 Å². The second-order valence-corrected chi connectivity index (χ2v) is 7.14. The highest BCUT2D eigenvalue weighted by Gasteiger charge is 2.09. The van der Waals surface area contributed by atoms with Gasteiger partial charge in [0.2, 0.25) is 0 Å². The summed E-state index contributed by atoms with van der Waals surface area (Å²) >= 11 is 0. The number of aromatic nitrogens is 2. The average Bonchev–Trinajstić information content (AvgIpc) is 2.83. The Morgan fingerprint density at radius 1 is 0.567 bits per heavy atom. The summed E-state index contributed by atoms with van der Waals surface area (Å²) in [5.41, 5.74) is 6.52. The first-order valence-electron chi connectivity index (χ1n) is 10.0. The van der Waals surface area contributed by atoms with Crippen molar-refractivity contribution in [1.82, 2.24) is 9.97 Å². The summed E-state index contributed by atoms with van der Waals surface area (Å²) in [6.07, 6.45) is 8.00. The number of pyridine rings is 2. The highest BCUT2D eigenvalue weighted by molar-refractivity contribution is 6.00. The molecule has 0 N–H and O–H groups in total. The lowest BCUT2D eigenvalue weighted by atomic mass is 9.95. The van der Waals surface area contributed by atoms with Crippen LogP contribution in [0.3, 0.4) is 0 Å². The lowest BCUT2D eigenvalue weighted by Gasteiger charge is -2.10. The average molecular weight is 384 g/mol. The molecule has 0 saturated carbocycles. The monoisotopic (exact) mass is 384 g/mol. The predicted molar refractivity (Wildman–Crippen MR) is 126 cm³/mol. The lowest BCUT2D eigenvalue weighted by Crippen LogP contribution is -1.89. The lowest BCUT2D eigenvalue weighted by molar-refractivity contribution is 1.33. The van der Waals surface area contributed by atoms with Crippen LogP contribution in [0, 0.1) is 0 Å². The van der Waals surface area contributed by atoms with Gasteiger partial charge in [0.15, 0.2) is 0 Å². The summed E-state index contributed by atoms with van der Waals surface area (Å²) in [5.74, 6) is 0. The van der Waals surface area contributed by atoms with Crippen molar-refractivity contribution in [3.63, 3.8) is 0 Å². The number of hydrogen-bond acceptors (Lipinski definition) is 2. The zero-order chi connectivity index (χ0) is 20.2. The summed E-state index contributed by atoms with van der Waals surface area (Å²) in [5, 5.41) is 2.42. The normalized spacial score (nSPS) is 11.2. The number of hydrogen-bond donors (Lipinski definition) is 0. The SMILES string of the molecule is C(=Cc1ccc2ccccc2c1-c1ccccn1)c1cccc(-c2ccccn2)c1. The zero-order valence-electron chi connectivity index (χ0n) is 16.4. The van der Waals surface area contributed by atoms with Gasteiger partial charge in [-0.3, -0.25) is 9.97 Å². The van der Waals surface area contributed by atoms with E-state index in [1.807, 2.05) is 42.7 Å². The Labute approximate surface area is 176 Å². The largest absolute Gasteiger partial charge is 0.256 e. The Kier molecular flexibility index (Phi) is 4.89. The molecule has 5 rings (SSSR count). The number of benzene rings is 3. The maximum Gasteiger partial charge on any atom is 0.0714 e. The topological polar surface area (TPSA) is 25.8 Å². The minimum Gasteiger partial charge on any atom is -0.256 e. The molecule has 0 spiro atoms. The Bertz CT molecular complexity index is 1320. The van der Waals surface area contributed by atoms with Crippen molar-refractivity contribution in [2.75, 3.05) is 0 Å². The van der Waals surface area contributed by atoms with E-state index in [4.69, 9.17) is 0 Å². The fraction of sp³-hybridized carbons (Fsp3) is 0. The Hall–Kier alpha value is -4.04. The van der Waals surface area contributed by atoms with Gasteiger partial charge in [-0.1, -0.05) is 78.9 Å². The van der Waals surface area contributed by atoms with Crippen molar-refractivity contribution in [2.45, 2.75) is 0 Å².